The van der Waals surface area contributed by atoms with Gasteiger partial charge in [0, 0.05) is 25.7 Å². The maximum atomic E-state index is 12.2. The van der Waals surface area contributed by atoms with E-state index in [9.17, 15) is 9.90 Å². The molecule has 3 unspecified atom stereocenters. The molecule has 0 saturated carbocycles. The van der Waals surface area contributed by atoms with Gasteiger partial charge in [-0.2, -0.15) is 0 Å². The lowest BCUT2D eigenvalue weighted by atomic mass is 10.0. The van der Waals surface area contributed by atoms with Crippen LogP contribution in [0.1, 0.15) is 19.3 Å². The molecule has 1 aromatic carbocycles. The molecule has 1 amide bonds. The molecular weight excluding hydrogens is 373 g/mol. The number of carbonyl (C=O) groups is 1. The summed E-state index contributed by atoms with van der Waals surface area (Å²) in [5, 5.41) is 16.4. The van der Waals surface area contributed by atoms with Gasteiger partial charge in [0.2, 0.25) is 5.91 Å². The molecule has 3 atom stereocenters. The Morgan fingerprint density at radius 2 is 2.08 bits per heavy atom. The van der Waals surface area contributed by atoms with E-state index in [4.69, 9.17) is 11.6 Å². The van der Waals surface area contributed by atoms with Crippen molar-refractivity contribution < 1.29 is 9.90 Å². The summed E-state index contributed by atoms with van der Waals surface area (Å²) in [5.74, 6) is -0.0115. The number of aliphatic hydroxyl groups excluding tert-OH is 1. The number of benzene rings is 1. The van der Waals surface area contributed by atoms with Gasteiger partial charge in [-0.3, -0.25) is 4.79 Å². The quantitative estimate of drug-likeness (QED) is 0.731. The predicted octanol–water partition coefficient (Wildman–Crippen LogP) is 1.99. The number of anilines is 1. The molecule has 2 aliphatic rings. The molecule has 0 aromatic heterocycles. The summed E-state index contributed by atoms with van der Waals surface area (Å²) in [6.07, 6.45) is 2.08. The summed E-state index contributed by atoms with van der Waals surface area (Å²) >= 11 is 6.26. The van der Waals surface area contributed by atoms with E-state index in [0.29, 0.717) is 13.0 Å². The number of halogens is 3. The largest absolute Gasteiger partial charge is 0.392 e. The molecule has 0 bridgehead atoms. The highest BCUT2D eigenvalue weighted by Gasteiger charge is 2.30. The van der Waals surface area contributed by atoms with Crippen LogP contribution >= 0.6 is 36.4 Å². The number of hydrogen-bond donors (Lipinski definition) is 3. The van der Waals surface area contributed by atoms with Crippen LogP contribution in [-0.2, 0) is 4.79 Å². The van der Waals surface area contributed by atoms with E-state index in [1.165, 1.54) is 0 Å². The number of para-hydroxylation sites is 1. The number of carbonyl (C=O) groups excluding carboxylic acids is 1. The topological polar surface area (TPSA) is 64.6 Å². The number of rotatable bonds is 3. The van der Waals surface area contributed by atoms with E-state index >= 15 is 0 Å². The van der Waals surface area contributed by atoms with Crippen molar-refractivity contribution in [3.8, 4) is 0 Å². The zero-order chi connectivity index (χ0) is 15.5. The molecule has 1 aromatic rings. The molecule has 5 nitrogen and oxygen atoms in total. The molecule has 2 saturated heterocycles. The highest BCUT2D eigenvalue weighted by molar-refractivity contribution is 6.33. The van der Waals surface area contributed by atoms with Gasteiger partial charge in [0.15, 0.2) is 0 Å². The number of nitrogens with one attached hydrogen (secondary N) is 2. The Kier molecular flexibility index (Phi) is 8.60. The summed E-state index contributed by atoms with van der Waals surface area (Å²) in [6.45, 7) is 2.22. The monoisotopic (exact) mass is 395 g/mol. The lowest BCUT2D eigenvalue weighted by Crippen LogP contribution is -2.51. The van der Waals surface area contributed by atoms with E-state index in [0.717, 1.165) is 36.6 Å². The molecule has 136 valence electrons. The van der Waals surface area contributed by atoms with Crippen molar-refractivity contribution in [1.29, 1.82) is 0 Å². The first-order valence-corrected chi connectivity index (χ1v) is 8.22. The van der Waals surface area contributed by atoms with Crippen molar-refractivity contribution in [2.24, 2.45) is 0 Å². The van der Waals surface area contributed by atoms with Crippen LogP contribution < -0.4 is 15.5 Å². The van der Waals surface area contributed by atoms with Gasteiger partial charge in [-0.05, 0) is 31.4 Å². The van der Waals surface area contributed by atoms with Crippen molar-refractivity contribution in [3.63, 3.8) is 0 Å². The van der Waals surface area contributed by atoms with Crippen molar-refractivity contribution in [2.45, 2.75) is 37.5 Å². The third-order valence-corrected chi connectivity index (χ3v) is 4.70. The highest BCUT2D eigenvalue weighted by Crippen LogP contribution is 2.27. The van der Waals surface area contributed by atoms with Crippen LogP contribution in [0.4, 0.5) is 5.69 Å². The van der Waals surface area contributed by atoms with Gasteiger partial charge in [0.1, 0.15) is 0 Å². The van der Waals surface area contributed by atoms with Crippen LogP contribution in [0.25, 0.3) is 0 Å². The molecule has 8 heteroatoms. The van der Waals surface area contributed by atoms with Gasteiger partial charge >= 0.3 is 0 Å². The Morgan fingerprint density at radius 1 is 1.33 bits per heavy atom. The lowest BCUT2D eigenvalue weighted by molar-refractivity contribution is -0.123. The number of nitrogens with zero attached hydrogens (tertiary/aromatic N) is 1. The molecule has 2 fully saturated rings. The Morgan fingerprint density at radius 3 is 2.75 bits per heavy atom. The SMILES string of the molecule is Cl.Cl.O=C(NC1CCCN(c2ccccc2Cl)C1)C1CC(O)CN1. The lowest BCUT2D eigenvalue weighted by Gasteiger charge is -2.35. The van der Waals surface area contributed by atoms with Gasteiger partial charge in [-0.25, -0.2) is 0 Å². The third kappa shape index (κ3) is 5.14. The minimum atomic E-state index is -0.415. The van der Waals surface area contributed by atoms with Crippen molar-refractivity contribution >= 4 is 48.0 Å². The molecule has 2 heterocycles. The third-order valence-electron chi connectivity index (χ3n) is 4.39. The summed E-state index contributed by atoms with van der Waals surface area (Å²) in [5.41, 5.74) is 1.03. The van der Waals surface area contributed by atoms with E-state index < -0.39 is 6.10 Å². The molecule has 24 heavy (non-hydrogen) atoms. The summed E-state index contributed by atoms with van der Waals surface area (Å²) in [4.78, 5) is 14.5. The van der Waals surface area contributed by atoms with Gasteiger partial charge in [0.05, 0.1) is 22.9 Å². The Hall–Kier alpha value is -0.720. The molecule has 0 aliphatic carbocycles. The van der Waals surface area contributed by atoms with Crippen molar-refractivity contribution in [3.05, 3.63) is 29.3 Å². The minimum Gasteiger partial charge on any atom is -0.392 e. The van der Waals surface area contributed by atoms with E-state index in [-0.39, 0.29) is 42.8 Å². The van der Waals surface area contributed by atoms with Crippen LogP contribution in [0.3, 0.4) is 0 Å². The van der Waals surface area contributed by atoms with Crippen LogP contribution in [0.2, 0.25) is 5.02 Å². The standard InChI is InChI=1S/C16H22ClN3O2.2ClH/c17-13-5-1-2-6-15(13)20-7-3-4-11(10-20)19-16(22)14-8-12(21)9-18-14;;/h1-2,5-6,11-12,14,18,21H,3-4,7-10H2,(H,19,22);2*1H. The first-order chi connectivity index (χ1) is 10.6. The second-order valence-electron chi connectivity index (χ2n) is 6.10. The Labute approximate surface area is 159 Å². The molecule has 0 spiro atoms. The summed E-state index contributed by atoms with van der Waals surface area (Å²) in [6, 6.07) is 7.66. The van der Waals surface area contributed by atoms with E-state index in [1.54, 1.807) is 0 Å². The normalized spacial score (nSPS) is 26.2. The van der Waals surface area contributed by atoms with Crippen LogP contribution in [0.15, 0.2) is 24.3 Å². The fourth-order valence-corrected chi connectivity index (χ4v) is 3.50. The summed E-state index contributed by atoms with van der Waals surface area (Å²) in [7, 11) is 0. The second-order valence-corrected chi connectivity index (χ2v) is 6.50. The van der Waals surface area contributed by atoms with Crippen molar-refractivity contribution in [1.82, 2.24) is 10.6 Å². The maximum absolute atomic E-state index is 12.2. The Balaban J connectivity index is 0.00000144. The highest BCUT2D eigenvalue weighted by atomic mass is 35.5. The number of hydrogen-bond acceptors (Lipinski definition) is 4. The minimum absolute atomic E-state index is 0. The second kappa shape index (κ2) is 9.68. The van der Waals surface area contributed by atoms with Gasteiger partial charge in [-0.1, -0.05) is 23.7 Å². The molecule has 2 aliphatic heterocycles. The first kappa shape index (κ1) is 21.3. The average Bonchev–Trinajstić information content (AvgIpc) is 2.95. The zero-order valence-corrected chi connectivity index (χ0v) is 15.7. The maximum Gasteiger partial charge on any atom is 0.237 e. The zero-order valence-electron chi connectivity index (χ0n) is 13.3. The van der Waals surface area contributed by atoms with Crippen LogP contribution in [0.5, 0.6) is 0 Å². The fourth-order valence-electron chi connectivity index (χ4n) is 3.24. The molecule has 3 rings (SSSR count). The smallest absolute Gasteiger partial charge is 0.237 e. The number of β-amino-alcohol motifs (C(OH)–C–C–N with tert-alkyl or cyclic N) is 1. The number of piperidine rings is 1. The predicted molar refractivity (Wildman–Crippen MR) is 102 cm³/mol. The summed E-state index contributed by atoms with van der Waals surface area (Å²) < 4.78 is 0. The van der Waals surface area contributed by atoms with Gasteiger partial charge < -0.3 is 20.6 Å². The van der Waals surface area contributed by atoms with E-state index in [2.05, 4.69) is 15.5 Å². The van der Waals surface area contributed by atoms with Crippen LogP contribution in [-0.4, -0.2) is 48.8 Å². The number of amides is 1. The van der Waals surface area contributed by atoms with Crippen molar-refractivity contribution in [2.75, 3.05) is 24.5 Å². The number of aliphatic hydroxyl groups is 1. The molecule has 3 N–H and O–H groups in total. The first-order valence-electron chi connectivity index (χ1n) is 7.85. The van der Waals surface area contributed by atoms with Crippen LogP contribution in [0, 0.1) is 0 Å². The Bertz CT molecular complexity index is 547. The average molecular weight is 397 g/mol. The van der Waals surface area contributed by atoms with Gasteiger partial charge in [-0.15, -0.1) is 24.8 Å². The van der Waals surface area contributed by atoms with Gasteiger partial charge in [0.25, 0.3) is 0 Å². The van der Waals surface area contributed by atoms with E-state index in [1.807, 2.05) is 24.3 Å². The fraction of sp³-hybridized carbons (Fsp3) is 0.562. The molecule has 0 radical (unpaired) electrons. The molecular formula is C16H24Cl3N3O2.